The van der Waals surface area contributed by atoms with Gasteiger partial charge in [0.1, 0.15) is 24.1 Å². The average Bonchev–Trinajstić information content (AvgIpc) is 3.37. The van der Waals surface area contributed by atoms with Gasteiger partial charge >= 0.3 is 0 Å². The molecule has 0 spiro atoms. The molecule has 0 fully saturated rings. The van der Waals surface area contributed by atoms with Crippen LogP contribution in [0.1, 0.15) is 31.0 Å². The molecular formula is C27H24Cl2N6O3. The van der Waals surface area contributed by atoms with Crippen LogP contribution < -0.4 is 20.1 Å². The zero-order chi connectivity index (χ0) is 26.6. The molecular weight excluding hydrogens is 527 g/mol. The molecule has 2 heterocycles. The number of halogens is 2. The summed E-state index contributed by atoms with van der Waals surface area (Å²) in [7, 11) is 0. The Hall–Kier alpha value is -4.08. The fourth-order valence-electron chi connectivity index (χ4n) is 4.23. The summed E-state index contributed by atoms with van der Waals surface area (Å²) in [5, 5.41) is 19.2. The van der Waals surface area contributed by atoms with Gasteiger partial charge in [-0.1, -0.05) is 58.6 Å². The molecule has 1 aliphatic heterocycles. The van der Waals surface area contributed by atoms with Crippen LogP contribution in [0.4, 0.5) is 11.6 Å². The molecule has 1 unspecified atom stereocenters. The maximum atomic E-state index is 13.6. The number of rotatable bonds is 8. The van der Waals surface area contributed by atoms with E-state index in [1.807, 2.05) is 56.3 Å². The van der Waals surface area contributed by atoms with Gasteiger partial charge in [0.05, 0.1) is 17.9 Å². The number of hydrogen-bond donors (Lipinski definition) is 2. The third-order valence-electron chi connectivity index (χ3n) is 6.03. The minimum absolute atomic E-state index is 0.217. The summed E-state index contributed by atoms with van der Waals surface area (Å²) < 4.78 is 13.2. The maximum Gasteiger partial charge on any atom is 0.255 e. The monoisotopic (exact) mass is 550 g/mol. The molecule has 1 aromatic heterocycles. The van der Waals surface area contributed by atoms with Gasteiger partial charge in [0, 0.05) is 21.3 Å². The van der Waals surface area contributed by atoms with Gasteiger partial charge in [0.25, 0.3) is 5.91 Å². The molecule has 1 atom stereocenters. The number of anilines is 2. The lowest BCUT2D eigenvalue weighted by Gasteiger charge is -2.28. The summed E-state index contributed by atoms with van der Waals surface area (Å²) in [6, 6.07) is 19.4. The van der Waals surface area contributed by atoms with Crippen LogP contribution in [0.25, 0.3) is 0 Å². The van der Waals surface area contributed by atoms with E-state index in [4.69, 9.17) is 32.7 Å². The van der Waals surface area contributed by atoms with Crippen molar-refractivity contribution in [3.8, 4) is 11.5 Å². The third kappa shape index (κ3) is 5.16. The van der Waals surface area contributed by atoms with Gasteiger partial charge in [0.2, 0.25) is 5.95 Å². The fraction of sp³-hybridized carbons (Fsp3) is 0.185. The molecule has 11 heteroatoms. The maximum absolute atomic E-state index is 13.6. The van der Waals surface area contributed by atoms with Crippen LogP contribution >= 0.6 is 23.2 Å². The zero-order valence-electron chi connectivity index (χ0n) is 20.6. The molecule has 3 aromatic carbocycles. The molecule has 4 aromatic rings. The molecule has 0 saturated heterocycles. The summed E-state index contributed by atoms with van der Waals surface area (Å²) in [6.07, 6.45) is 0. The first-order valence-corrected chi connectivity index (χ1v) is 12.7. The van der Waals surface area contributed by atoms with E-state index in [-0.39, 0.29) is 12.5 Å². The van der Waals surface area contributed by atoms with E-state index in [2.05, 4.69) is 26.2 Å². The van der Waals surface area contributed by atoms with Crippen LogP contribution in [-0.2, 0) is 11.4 Å². The minimum Gasteiger partial charge on any atom is -0.492 e. The number of aromatic nitrogens is 4. The Bertz CT molecular complexity index is 1480. The lowest BCUT2D eigenvalue weighted by molar-refractivity contribution is -0.113. The van der Waals surface area contributed by atoms with Gasteiger partial charge in [-0.05, 0) is 66.2 Å². The highest BCUT2D eigenvalue weighted by molar-refractivity contribution is 6.35. The highest BCUT2D eigenvalue weighted by Crippen LogP contribution is 2.36. The van der Waals surface area contributed by atoms with Crippen molar-refractivity contribution in [2.24, 2.45) is 0 Å². The van der Waals surface area contributed by atoms with Gasteiger partial charge in [-0.2, -0.15) is 4.68 Å². The van der Waals surface area contributed by atoms with Crippen LogP contribution in [-0.4, -0.2) is 32.7 Å². The first-order chi connectivity index (χ1) is 18.5. The molecule has 2 N–H and O–H groups in total. The number of ether oxygens (including phenoxy) is 2. The molecule has 194 valence electrons. The third-order valence-corrected chi connectivity index (χ3v) is 6.74. The number of allylic oxidation sites excluding steroid dienone is 1. The Balaban J connectivity index is 1.42. The number of nitrogens with one attached hydrogen (secondary N) is 2. The Morgan fingerprint density at radius 2 is 1.76 bits per heavy atom. The van der Waals surface area contributed by atoms with Crippen molar-refractivity contribution in [1.29, 1.82) is 0 Å². The van der Waals surface area contributed by atoms with Crippen molar-refractivity contribution >= 4 is 40.7 Å². The highest BCUT2D eigenvalue weighted by atomic mass is 35.5. The number of hydrogen-bond acceptors (Lipinski definition) is 7. The summed E-state index contributed by atoms with van der Waals surface area (Å²) in [4.78, 5) is 13.6. The normalized spacial score (nSPS) is 14.5. The van der Waals surface area contributed by atoms with Crippen molar-refractivity contribution in [3.05, 3.63) is 99.2 Å². The second-order valence-electron chi connectivity index (χ2n) is 8.45. The van der Waals surface area contributed by atoms with Crippen molar-refractivity contribution in [2.45, 2.75) is 26.5 Å². The van der Waals surface area contributed by atoms with E-state index < -0.39 is 6.04 Å². The van der Waals surface area contributed by atoms with Crippen LogP contribution in [0, 0.1) is 0 Å². The van der Waals surface area contributed by atoms with E-state index in [0.29, 0.717) is 56.6 Å². The fourth-order valence-corrected chi connectivity index (χ4v) is 4.73. The first-order valence-electron chi connectivity index (χ1n) is 11.9. The van der Waals surface area contributed by atoms with E-state index in [1.54, 1.807) is 28.9 Å². The number of amides is 1. The molecule has 1 amide bonds. The largest absolute Gasteiger partial charge is 0.492 e. The lowest BCUT2D eigenvalue weighted by atomic mass is 9.95. The predicted molar refractivity (Wildman–Crippen MR) is 146 cm³/mol. The van der Waals surface area contributed by atoms with E-state index in [9.17, 15) is 4.79 Å². The summed E-state index contributed by atoms with van der Waals surface area (Å²) in [5.41, 5.74) is 3.18. The summed E-state index contributed by atoms with van der Waals surface area (Å²) in [6.45, 7) is 4.40. The van der Waals surface area contributed by atoms with E-state index >= 15 is 0 Å². The Morgan fingerprint density at radius 3 is 2.50 bits per heavy atom. The van der Waals surface area contributed by atoms with E-state index in [0.717, 1.165) is 5.56 Å². The quantitative estimate of drug-likeness (QED) is 0.282. The molecule has 1 aliphatic rings. The topological polar surface area (TPSA) is 103 Å². The minimum atomic E-state index is -0.576. The number of para-hydroxylation sites is 2. The molecule has 0 bridgehead atoms. The predicted octanol–water partition coefficient (Wildman–Crippen LogP) is 5.89. The molecule has 0 saturated carbocycles. The van der Waals surface area contributed by atoms with Crippen molar-refractivity contribution in [3.63, 3.8) is 0 Å². The van der Waals surface area contributed by atoms with Crippen molar-refractivity contribution in [2.75, 3.05) is 17.2 Å². The molecule has 5 rings (SSSR count). The zero-order valence-corrected chi connectivity index (χ0v) is 22.1. The number of fused-ring (bicyclic) bond motifs is 1. The Labute approximate surface area is 229 Å². The van der Waals surface area contributed by atoms with E-state index in [1.165, 1.54) is 0 Å². The van der Waals surface area contributed by atoms with Gasteiger partial charge in [-0.15, -0.1) is 0 Å². The Morgan fingerprint density at radius 1 is 1.03 bits per heavy atom. The standard InChI is InChI=1S/C27H24Cl2N6O3/c1-3-37-23-10-5-4-9-22(23)31-26(36)24-16(2)30-27-32-33-34-35(27)25(24)17-11-13-18(14-12-17)38-15-19-20(28)7-6-8-21(19)29/h4-14,25H,3,15H2,1-2H3,(H,31,36)(H,30,32,34). The van der Waals surface area contributed by atoms with Crippen LogP contribution in [0.15, 0.2) is 78.0 Å². The van der Waals surface area contributed by atoms with Crippen molar-refractivity contribution < 1.29 is 14.3 Å². The second kappa shape index (κ2) is 11.1. The first kappa shape index (κ1) is 25.6. The smallest absolute Gasteiger partial charge is 0.255 e. The van der Waals surface area contributed by atoms with Gasteiger partial charge in [-0.25, -0.2) is 0 Å². The summed E-state index contributed by atoms with van der Waals surface area (Å²) >= 11 is 12.5. The van der Waals surface area contributed by atoms with Gasteiger partial charge in [0.15, 0.2) is 0 Å². The Kier molecular flexibility index (Phi) is 7.48. The second-order valence-corrected chi connectivity index (χ2v) is 9.27. The van der Waals surface area contributed by atoms with Crippen LogP contribution in [0.5, 0.6) is 11.5 Å². The van der Waals surface area contributed by atoms with Crippen LogP contribution in [0.2, 0.25) is 10.0 Å². The number of nitrogens with zero attached hydrogens (tertiary/aromatic N) is 4. The highest BCUT2D eigenvalue weighted by Gasteiger charge is 2.34. The number of benzene rings is 3. The lowest BCUT2D eigenvalue weighted by Crippen LogP contribution is -2.31. The molecule has 0 aliphatic carbocycles. The summed E-state index contributed by atoms with van der Waals surface area (Å²) in [5.74, 6) is 1.34. The van der Waals surface area contributed by atoms with Crippen molar-refractivity contribution in [1.82, 2.24) is 20.2 Å². The molecule has 9 nitrogen and oxygen atoms in total. The number of carbonyl (C=O) groups is 1. The average molecular weight is 551 g/mol. The van der Waals surface area contributed by atoms with Gasteiger partial charge in [-0.3, -0.25) is 4.79 Å². The molecule has 0 radical (unpaired) electrons. The van der Waals surface area contributed by atoms with Crippen LogP contribution in [0.3, 0.4) is 0 Å². The number of carbonyl (C=O) groups excluding carboxylic acids is 1. The number of tetrazole rings is 1. The van der Waals surface area contributed by atoms with Gasteiger partial charge < -0.3 is 20.1 Å². The SMILES string of the molecule is CCOc1ccccc1NC(=O)C1=C(C)Nc2nnnn2C1c1ccc(OCc2c(Cl)cccc2Cl)cc1. The molecule has 38 heavy (non-hydrogen) atoms.